The second-order valence-corrected chi connectivity index (χ2v) is 17.3. The van der Waals surface area contributed by atoms with Gasteiger partial charge in [0.2, 0.25) is 0 Å². The number of nitrogens with one attached hydrogen (secondary N) is 1. The SMILES string of the molecule is COC1CN(C(=O)O[C@H]2/C=C/CN(C)C(C)(C)C(=O)NS(=O)(=O)c3ccc4c(c3)N(C[C@@H]3CC[C@H]32)C[C@@]2(CCCc3cc(Cl)ccc32)CO4)C1. The lowest BCUT2D eigenvalue weighted by Gasteiger charge is -2.46. The first-order valence-corrected chi connectivity index (χ1v) is 19.4. The van der Waals surface area contributed by atoms with Gasteiger partial charge in [0, 0.05) is 43.1 Å². The quantitative estimate of drug-likeness (QED) is 0.438. The number of carbonyl (C=O) groups excluding carboxylic acids is 2. The van der Waals surface area contributed by atoms with Crippen LogP contribution in [0.25, 0.3) is 0 Å². The number of hydrogen-bond acceptors (Lipinski definition) is 9. The van der Waals surface area contributed by atoms with Gasteiger partial charge in [0.1, 0.15) is 11.9 Å². The predicted molar refractivity (Wildman–Crippen MR) is 190 cm³/mol. The first kappa shape index (κ1) is 35.1. The number of likely N-dealkylation sites (tertiary alicyclic amines) is 1. The minimum atomic E-state index is -4.21. The Morgan fingerprint density at radius 3 is 2.64 bits per heavy atom. The molecular weight excluding hydrogens is 680 g/mol. The van der Waals surface area contributed by atoms with Crippen molar-refractivity contribution >= 4 is 39.3 Å². The predicted octanol–water partition coefficient (Wildman–Crippen LogP) is 4.76. The van der Waals surface area contributed by atoms with E-state index in [0.29, 0.717) is 55.8 Å². The van der Waals surface area contributed by atoms with Crippen LogP contribution in [0.1, 0.15) is 50.7 Å². The molecule has 2 fully saturated rings. The van der Waals surface area contributed by atoms with E-state index in [-0.39, 0.29) is 34.3 Å². The topological polar surface area (TPSA) is 118 Å². The lowest BCUT2D eigenvalue weighted by atomic mass is 9.68. The fourth-order valence-electron chi connectivity index (χ4n) is 8.06. The summed E-state index contributed by atoms with van der Waals surface area (Å²) in [6.07, 6.45) is 7.68. The van der Waals surface area contributed by atoms with Gasteiger partial charge in [-0.2, -0.15) is 0 Å². The Balaban J connectivity index is 1.28. The van der Waals surface area contributed by atoms with Crippen molar-refractivity contribution in [1.29, 1.82) is 0 Å². The maximum absolute atomic E-state index is 13.8. The van der Waals surface area contributed by atoms with E-state index in [1.165, 1.54) is 17.2 Å². The van der Waals surface area contributed by atoms with Crippen molar-refractivity contribution in [2.45, 2.75) is 74.0 Å². The summed E-state index contributed by atoms with van der Waals surface area (Å²) in [5.74, 6) is 0.169. The molecule has 13 heteroatoms. The van der Waals surface area contributed by atoms with Crippen LogP contribution < -0.4 is 14.4 Å². The van der Waals surface area contributed by atoms with Crippen molar-refractivity contribution in [3.05, 3.63) is 64.7 Å². The molecule has 1 spiro atoms. The van der Waals surface area contributed by atoms with Crippen LogP contribution in [0.3, 0.4) is 0 Å². The molecule has 1 N–H and O–H groups in total. The molecule has 11 nitrogen and oxygen atoms in total. The van der Waals surface area contributed by atoms with E-state index >= 15 is 0 Å². The van der Waals surface area contributed by atoms with Crippen molar-refractivity contribution < 1.29 is 32.2 Å². The van der Waals surface area contributed by atoms with Gasteiger partial charge in [-0.05, 0) is 106 Å². The highest BCUT2D eigenvalue weighted by Gasteiger charge is 2.46. The van der Waals surface area contributed by atoms with Gasteiger partial charge in [0.25, 0.3) is 15.9 Å². The summed E-state index contributed by atoms with van der Waals surface area (Å²) in [5, 5.41) is 0.705. The number of hydrogen-bond donors (Lipinski definition) is 1. The summed E-state index contributed by atoms with van der Waals surface area (Å²) in [7, 11) is -0.799. The highest BCUT2D eigenvalue weighted by atomic mass is 35.5. The number of aryl methyl sites for hydroxylation is 1. The number of anilines is 1. The van der Waals surface area contributed by atoms with Crippen LogP contribution in [0.4, 0.5) is 10.5 Å². The Kier molecular flexibility index (Phi) is 9.36. The molecule has 4 atom stereocenters. The number of benzene rings is 2. The normalized spacial score (nSPS) is 30.0. The average molecular weight is 727 g/mol. The van der Waals surface area contributed by atoms with Gasteiger partial charge in [-0.3, -0.25) is 9.69 Å². The number of likely N-dealkylation sites (N-methyl/N-ethyl adjacent to an activating group) is 1. The molecule has 0 radical (unpaired) electrons. The van der Waals surface area contributed by atoms with Crippen molar-refractivity contribution in [3.63, 3.8) is 0 Å². The summed E-state index contributed by atoms with van der Waals surface area (Å²) in [4.78, 5) is 32.5. The number of rotatable bonds is 2. The van der Waals surface area contributed by atoms with Gasteiger partial charge in [-0.25, -0.2) is 17.9 Å². The molecule has 5 aliphatic rings. The second-order valence-electron chi connectivity index (χ2n) is 15.1. The van der Waals surface area contributed by atoms with Crippen molar-refractivity contribution in [2.24, 2.45) is 11.8 Å². The van der Waals surface area contributed by atoms with Crippen molar-refractivity contribution in [2.75, 3.05) is 58.4 Å². The summed E-state index contributed by atoms with van der Waals surface area (Å²) < 4.78 is 48.0. The van der Waals surface area contributed by atoms with Gasteiger partial charge in [-0.15, -0.1) is 0 Å². The van der Waals surface area contributed by atoms with Crippen LogP contribution >= 0.6 is 11.6 Å². The smallest absolute Gasteiger partial charge is 0.410 e. The fourth-order valence-corrected chi connectivity index (χ4v) is 9.38. The lowest BCUT2D eigenvalue weighted by Crippen LogP contribution is -2.56. The summed E-state index contributed by atoms with van der Waals surface area (Å²) >= 11 is 6.44. The van der Waals surface area contributed by atoms with Gasteiger partial charge in [-0.1, -0.05) is 23.7 Å². The first-order chi connectivity index (χ1) is 23.8. The first-order valence-electron chi connectivity index (χ1n) is 17.5. The number of amides is 2. The molecule has 2 aliphatic carbocycles. The van der Waals surface area contributed by atoms with E-state index in [2.05, 4.69) is 21.8 Å². The number of sulfonamides is 1. The zero-order valence-corrected chi connectivity index (χ0v) is 30.8. The molecule has 2 bridgehead atoms. The van der Waals surface area contributed by atoms with Gasteiger partial charge in [0.15, 0.2) is 0 Å². The molecule has 3 heterocycles. The van der Waals surface area contributed by atoms with Crippen LogP contribution in [-0.4, -0.2) is 101 Å². The monoisotopic (exact) mass is 726 g/mol. The van der Waals surface area contributed by atoms with Gasteiger partial charge in [0.05, 0.1) is 41.9 Å². The number of ether oxygens (including phenoxy) is 3. The van der Waals surface area contributed by atoms with E-state index in [9.17, 15) is 18.0 Å². The van der Waals surface area contributed by atoms with Gasteiger partial charge < -0.3 is 24.0 Å². The number of nitrogens with zero attached hydrogens (tertiary/aromatic N) is 3. The van der Waals surface area contributed by atoms with E-state index in [0.717, 1.165) is 32.1 Å². The number of halogens is 1. The average Bonchev–Trinajstić information content (AvgIpc) is 3.18. The third-order valence-electron chi connectivity index (χ3n) is 11.8. The Bertz CT molecular complexity index is 1800. The minimum Gasteiger partial charge on any atom is -0.490 e. The van der Waals surface area contributed by atoms with Crippen LogP contribution in [-0.2, 0) is 36.1 Å². The molecule has 1 saturated heterocycles. The summed E-state index contributed by atoms with van der Waals surface area (Å²) in [6, 6.07) is 11.0. The maximum Gasteiger partial charge on any atom is 0.410 e. The van der Waals surface area contributed by atoms with E-state index < -0.39 is 27.6 Å². The molecular formula is C37H47ClN4O7S. The summed E-state index contributed by atoms with van der Waals surface area (Å²) in [5.41, 5.74) is 1.58. The Morgan fingerprint density at radius 2 is 1.90 bits per heavy atom. The highest BCUT2D eigenvalue weighted by Crippen LogP contribution is 2.47. The molecule has 2 aromatic rings. The molecule has 7 rings (SSSR count). The molecule has 0 unspecified atom stereocenters. The van der Waals surface area contributed by atoms with Crippen molar-refractivity contribution in [3.8, 4) is 5.75 Å². The Hall–Kier alpha value is -3.32. The maximum atomic E-state index is 13.8. The van der Waals surface area contributed by atoms with E-state index in [1.54, 1.807) is 49.9 Å². The largest absolute Gasteiger partial charge is 0.490 e. The Morgan fingerprint density at radius 1 is 1.10 bits per heavy atom. The van der Waals surface area contributed by atoms with Crippen LogP contribution in [0.2, 0.25) is 5.02 Å². The standard InChI is InChI=1S/C37H47ClN4O7S/c1-36(2)34(43)39-50(45,46)28-11-14-33-31(18-28)42(22-37(23-48-33)15-5-7-24-17-26(38)10-13-30(24)37)19-25-9-12-29(25)32(8-6-16-40(36)3)49-35(44)41-20-27(21-41)47-4/h6,8,10-11,13-14,17-18,25,27,29,32H,5,7,9,12,15-16,19-23H2,1-4H3,(H,39,43)/b8-6+/t25-,29+,32-,37-/m0/s1. The molecule has 2 amide bonds. The molecule has 1 saturated carbocycles. The lowest BCUT2D eigenvalue weighted by molar-refractivity contribution is -0.128. The van der Waals surface area contributed by atoms with E-state index in [4.69, 9.17) is 25.8 Å². The minimum absolute atomic E-state index is 0.00343. The van der Waals surface area contributed by atoms with Gasteiger partial charge >= 0.3 is 6.09 Å². The van der Waals surface area contributed by atoms with Crippen molar-refractivity contribution in [1.82, 2.24) is 14.5 Å². The number of methoxy groups -OCH3 is 1. The zero-order chi connectivity index (χ0) is 35.4. The van der Waals surface area contributed by atoms with Crippen LogP contribution in [0.5, 0.6) is 5.75 Å². The highest BCUT2D eigenvalue weighted by molar-refractivity contribution is 7.90. The van der Waals surface area contributed by atoms with E-state index in [1.807, 2.05) is 18.2 Å². The number of carbonyl (C=O) groups is 2. The molecule has 0 aromatic heterocycles. The molecule has 50 heavy (non-hydrogen) atoms. The zero-order valence-electron chi connectivity index (χ0n) is 29.2. The van der Waals surface area contributed by atoms with Crippen LogP contribution in [0, 0.1) is 11.8 Å². The fraction of sp³-hybridized carbons (Fsp3) is 0.568. The second kappa shape index (κ2) is 13.3. The third kappa shape index (κ3) is 6.48. The third-order valence-corrected chi connectivity index (χ3v) is 13.4. The molecule has 270 valence electrons. The molecule has 3 aliphatic heterocycles. The van der Waals surface area contributed by atoms with Crippen LogP contribution in [0.15, 0.2) is 53.4 Å². The molecule has 2 aromatic carbocycles. The number of fused-ring (bicyclic) bond motifs is 4. The summed E-state index contributed by atoms with van der Waals surface area (Å²) in [6.45, 7) is 6.37. The Labute approximate surface area is 299 Å².